The normalized spacial score (nSPS) is 16.3. The number of hydrogen-bond acceptors (Lipinski definition) is 3. The summed E-state index contributed by atoms with van der Waals surface area (Å²) in [4.78, 5) is 27.9. The first-order chi connectivity index (χ1) is 14.3. The molecule has 2 amide bonds. The number of benzene rings is 2. The van der Waals surface area contributed by atoms with E-state index < -0.39 is 0 Å². The molecule has 5 heteroatoms. The molecule has 158 valence electrons. The Bertz CT molecular complexity index is 901. The van der Waals surface area contributed by atoms with Crippen molar-refractivity contribution in [3.63, 3.8) is 0 Å². The SMILES string of the molecule is CC(=O)N(C)C1CCN(c2ccc(NC(=O)/C=C/c3ccc(C(C)C)cc3)cc2)C1. The van der Waals surface area contributed by atoms with Crippen molar-refractivity contribution in [2.75, 3.05) is 30.4 Å². The molecule has 3 rings (SSSR count). The number of amides is 2. The van der Waals surface area contributed by atoms with Crippen LogP contribution in [0.25, 0.3) is 6.08 Å². The summed E-state index contributed by atoms with van der Waals surface area (Å²) in [6.07, 6.45) is 4.35. The molecule has 5 nitrogen and oxygen atoms in total. The maximum absolute atomic E-state index is 12.2. The highest BCUT2D eigenvalue weighted by Crippen LogP contribution is 2.24. The largest absolute Gasteiger partial charge is 0.369 e. The lowest BCUT2D eigenvalue weighted by Gasteiger charge is -2.24. The molecule has 2 aromatic carbocycles. The topological polar surface area (TPSA) is 52.7 Å². The molecular weight excluding hydrogens is 374 g/mol. The Balaban J connectivity index is 1.54. The van der Waals surface area contributed by atoms with E-state index in [4.69, 9.17) is 0 Å². The number of rotatable bonds is 6. The van der Waals surface area contributed by atoms with Gasteiger partial charge in [-0.25, -0.2) is 0 Å². The number of nitrogens with zero attached hydrogens (tertiary/aromatic N) is 2. The fourth-order valence-corrected chi connectivity index (χ4v) is 3.65. The lowest BCUT2D eigenvalue weighted by atomic mass is 10.0. The van der Waals surface area contributed by atoms with Gasteiger partial charge in [-0.1, -0.05) is 38.1 Å². The number of hydrogen-bond donors (Lipinski definition) is 1. The standard InChI is InChI=1S/C25H31N3O2/c1-18(2)21-8-5-20(6-9-21)7-14-25(30)26-22-10-12-23(13-11-22)28-16-15-24(17-28)27(4)19(3)29/h5-14,18,24H,15-17H2,1-4H3,(H,26,30)/b14-7+. The molecule has 1 atom stereocenters. The molecule has 0 bridgehead atoms. The lowest BCUT2D eigenvalue weighted by Crippen LogP contribution is -2.37. The molecule has 1 aliphatic rings. The smallest absolute Gasteiger partial charge is 0.248 e. The average Bonchev–Trinajstić information content (AvgIpc) is 3.22. The summed E-state index contributed by atoms with van der Waals surface area (Å²) >= 11 is 0. The molecule has 30 heavy (non-hydrogen) atoms. The zero-order valence-electron chi connectivity index (χ0n) is 18.3. The van der Waals surface area contributed by atoms with E-state index in [9.17, 15) is 9.59 Å². The van der Waals surface area contributed by atoms with Crippen LogP contribution >= 0.6 is 0 Å². The molecule has 0 aliphatic carbocycles. The maximum atomic E-state index is 12.2. The minimum absolute atomic E-state index is 0.101. The molecule has 1 N–H and O–H groups in total. The molecule has 1 saturated heterocycles. The predicted octanol–water partition coefficient (Wildman–Crippen LogP) is 4.52. The molecule has 1 aliphatic heterocycles. The van der Waals surface area contributed by atoms with Crippen LogP contribution in [0, 0.1) is 0 Å². The summed E-state index contributed by atoms with van der Waals surface area (Å²) in [5.41, 5.74) is 4.16. The van der Waals surface area contributed by atoms with E-state index in [1.807, 2.05) is 54.4 Å². The van der Waals surface area contributed by atoms with Crippen molar-refractivity contribution >= 4 is 29.3 Å². The summed E-state index contributed by atoms with van der Waals surface area (Å²) in [6.45, 7) is 7.69. The van der Waals surface area contributed by atoms with E-state index in [0.29, 0.717) is 5.92 Å². The summed E-state index contributed by atoms with van der Waals surface area (Å²) in [5.74, 6) is 0.444. The van der Waals surface area contributed by atoms with Gasteiger partial charge in [0.05, 0.1) is 6.04 Å². The van der Waals surface area contributed by atoms with Gasteiger partial charge in [-0.3, -0.25) is 9.59 Å². The minimum Gasteiger partial charge on any atom is -0.369 e. The lowest BCUT2D eigenvalue weighted by molar-refractivity contribution is -0.129. The van der Waals surface area contributed by atoms with Crippen molar-refractivity contribution in [3.8, 4) is 0 Å². The fourth-order valence-electron chi connectivity index (χ4n) is 3.65. The van der Waals surface area contributed by atoms with E-state index in [1.165, 1.54) is 5.56 Å². The Hall–Kier alpha value is -3.08. The van der Waals surface area contributed by atoms with Gasteiger partial charge in [0.15, 0.2) is 0 Å². The highest BCUT2D eigenvalue weighted by Gasteiger charge is 2.27. The average molecular weight is 406 g/mol. The summed E-state index contributed by atoms with van der Waals surface area (Å²) < 4.78 is 0. The monoisotopic (exact) mass is 405 g/mol. The maximum Gasteiger partial charge on any atom is 0.248 e. The van der Waals surface area contributed by atoms with Crippen LogP contribution in [-0.2, 0) is 9.59 Å². The molecule has 1 heterocycles. The Morgan fingerprint density at radius 1 is 1.10 bits per heavy atom. The Kier molecular flexibility index (Phi) is 6.93. The third-order valence-corrected chi connectivity index (χ3v) is 5.74. The van der Waals surface area contributed by atoms with E-state index in [2.05, 4.69) is 36.2 Å². The van der Waals surface area contributed by atoms with Crippen molar-refractivity contribution in [2.24, 2.45) is 0 Å². The highest BCUT2D eigenvalue weighted by molar-refractivity contribution is 6.02. The Morgan fingerprint density at radius 3 is 2.37 bits per heavy atom. The van der Waals surface area contributed by atoms with E-state index in [1.54, 1.807) is 13.0 Å². The van der Waals surface area contributed by atoms with Gasteiger partial charge >= 0.3 is 0 Å². The summed E-state index contributed by atoms with van der Waals surface area (Å²) in [7, 11) is 1.86. The molecule has 0 aromatic heterocycles. The zero-order valence-corrected chi connectivity index (χ0v) is 18.3. The van der Waals surface area contributed by atoms with Crippen molar-refractivity contribution in [1.29, 1.82) is 0 Å². The quantitative estimate of drug-likeness (QED) is 0.719. The molecule has 0 spiro atoms. The van der Waals surface area contributed by atoms with Gasteiger partial charge in [-0.05, 0) is 53.8 Å². The van der Waals surface area contributed by atoms with Gasteiger partial charge in [-0.15, -0.1) is 0 Å². The first-order valence-electron chi connectivity index (χ1n) is 10.5. The van der Waals surface area contributed by atoms with Crippen molar-refractivity contribution in [3.05, 3.63) is 65.7 Å². The van der Waals surface area contributed by atoms with Gasteiger partial charge in [-0.2, -0.15) is 0 Å². The molecule has 2 aromatic rings. The number of carbonyl (C=O) groups excluding carboxylic acids is 2. The van der Waals surface area contributed by atoms with Gasteiger partial charge < -0.3 is 15.1 Å². The van der Waals surface area contributed by atoms with Gasteiger partial charge in [0, 0.05) is 44.5 Å². The molecule has 0 radical (unpaired) electrons. The van der Waals surface area contributed by atoms with Crippen LogP contribution in [0.2, 0.25) is 0 Å². The predicted molar refractivity (Wildman–Crippen MR) is 124 cm³/mol. The second kappa shape index (κ2) is 9.61. The first kappa shape index (κ1) is 21.6. The first-order valence-corrected chi connectivity index (χ1v) is 10.5. The third-order valence-electron chi connectivity index (χ3n) is 5.74. The van der Waals surface area contributed by atoms with E-state index in [-0.39, 0.29) is 17.9 Å². The fraction of sp³-hybridized carbons (Fsp3) is 0.360. The van der Waals surface area contributed by atoms with E-state index in [0.717, 1.165) is 36.4 Å². The molecular formula is C25H31N3O2. The molecule has 1 fully saturated rings. The summed E-state index contributed by atoms with van der Waals surface area (Å²) in [6, 6.07) is 16.4. The molecule has 1 unspecified atom stereocenters. The second-order valence-electron chi connectivity index (χ2n) is 8.21. The zero-order chi connectivity index (χ0) is 21.7. The molecule has 0 saturated carbocycles. The summed E-state index contributed by atoms with van der Waals surface area (Å²) in [5, 5.41) is 2.90. The Morgan fingerprint density at radius 2 is 1.77 bits per heavy atom. The van der Waals surface area contributed by atoms with Crippen LogP contribution in [0.5, 0.6) is 0 Å². The number of nitrogens with one attached hydrogen (secondary N) is 1. The van der Waals surface area contributed by atoms with Gasteiger partial charge in [0.25, 0.3) is 0 Å². The number of carbonyl (C=O) groups is 2. The van der Waals surface area contributed by atoms with Crippen molar-refractivity contribution < 1.29 is 9.59 Å². The third kappa shape index (κ3) is 5.50. The van der Waals surface area contributed by atoms with Crippen molar-refractivity contribution in [2.45, 2.75) is 39.2 Å². The van der Waals surface area contributed by atoms with Gasteiger partial charge in [0.1, 0.15) is 0 Å². The van der Waals surface area contributed by atoms with Crippen LogP contribution in [0.1, 0.15) is 44.2 Å². The van der Waals surface area contributed by atoms with Crippen LogP contribution in [-0.4, -0.2) is 42.9 Å². The minimum atomic E-state index is -0.153. The highest BCUT2D eigenvalue weighted by atomic mass is 16.2. The number of anilines is 2. The van der Waals surface area contributed by atoms with Crippen molar-refractivity contribution in [1.82, 2.24) is 4.90 Å². The Labute approximate surface area is 179 Å². The van der Waals surface area contributed by atoms with Crippen LogP contribution in [0.15, 0.2) is 54.6 Å². The van der Waals surface area contributed by atoms with Crippen LogP contribution < -0.4 is 10.2 Å². The van der Waals surface area contributed by atoms with Crippen LogP contribution in [0.4, 0.5) is 11.4 Å². The number of likely N-dealkylation sites (N-methyl/N-ethyl adjacent to an activating group) is 1. The second-order valence-corrected chi connectivity index (χ2v) is 8.21. The van der Waals surface area contributed by atoms with Gasteiger partial charge in [0.2, 0.25) is 11.8 Å². The van der Waals surface area contributed by atoms with E-state index >= 15 is 0 Å². The van der Waals surface area contributed by atoms with Crippen LogP contribution in [0.3, 0.4) is 0 Å².